The Morgan fingerprint density at radius 3 is 1.68 bits per heavy atom. The zero-order valence-corrected chi connectivity index (χ0v) is 23.3. The summed E-state index contributed by atoms with van der Waals surface area (Å²) in [5.74, 6) is 9.06. The van der Waals surface area contributed by atoms with Gasteiger partial charge in [0.1, 0.15) is 0 Å². The Morgan fingerprint density at radius 2 is 1.15 bits per heavy atom. The molecule has 0 spiro atoms. The van der Waals surface area contributed by atoms with Gasteiger partial charge in [0.15, 0.2) is 0 Å². The lowest BCUT2D eigenvalue weighted by Crippen LogP contribution is -2.29. The number of benzene rings is 3. The van der Waals surface area contributed by atoms with E-state index in [-0.39, 0.29) is 16.2 Å². The zero-order chi connectivity index (χ0) is 25.1. The van der Waals surface area contributed by atoms with E-state index in [1.807, 2.05) is 18.2 Å². The van der Waals surface area contributed by atoms with Crippen LogP contribution in [-0.4, -0.2) is 5.80 Å². The lowest BCUT2D eigenvalue weighted by atomic mass is 9.75. The topological polar surface area (TPSA) is 0 Å². The summed E-state index contributed by atoms with van der Waals surface area (Å²) in [7, 11) is 1.21. The lowest BCUT2D eigenvalue weighted by molar-refractivity contribution is 0.554. The van der Waals surface area contributed by atoms with Crippen LogP contribution in [0.3, 0.4) is 0 Å². The summed E-state index contributed by atoms with van der Waals surface area (Å²) in [5.41, 5.74) is 7.82. The molecule has 0 fully saturated rings. The van der Waals surface area contributed by atoms with Gasteiger partial charge in [0.2, 0.25) is 0 Å². The molecule has 3 rings (SSSR count). The van der Waals surface area contributed by atoms with E-state index in [2.05, 4.69) is 128 Å². The minimum atomic E-state index is 0.0596. The van der Waals surface area contributed by atoms with Crippen molar-refractivity contribution in [1.29, 1.82) is 0 Å². The first-order valence-corrected chi connectivity index (χ1v) is 13.1. The predicted molar refractivity (Wildman–Crippen MR) is 153 cm³/mol. The molecule has 0 unspecified atom stereocenters. The van der Waals surface area contributed by atoms with Gasteiger partial charge in [-0.3, -0.25) is 0 Å². The molecule has 0 heterocycles. The fraction of sp³-hybridized carbons (Fsp3) is 0.364. The standard InChI is InChI=1S/C33H39P/c1-31(2,3)27-21-28(32(4,5)6)30(29(22-27)33(7,8)9)34-23-26-18-14-13-17-25(26)20-19-24-15-11-10-12-16-24/h10-18,21-23H,1-9H3. The van der Waals surface area contributed by atoms with Crippen LogP contribution in [0.2, 0.25) is 0 Å². The van der Waals surface area contributed by atoms with Crippen LogP contribution in [0.15, 0.2) is 66.7 Å². The third-order valence-electron chi connectivity index (χ3n) is 6.00. The van der Waals surface area contributed by atoms with E-state index in [4.69, 9.17) is 0 Å². The molecule has 0 aliphatic heterocycles. The van der Waals surface area contributed by atoms with Crippen molar-refractivity contribution in [3.63, 3.8) is 0 Å². The third kappa shape index (κ3) is 6.50. The van der Waals surface area contributed by atoms with Crippen LogP contribution in [0.5, 0.6) is 0 Å². The minimum absolute atomic E-state index is 0.0596. The van der Waals surface area contributed by atoms with E-state index in [1.165, 1.54) is 35.8 Å². The number of hydrogen-bond acceptors (Lipinski definition) is 0. The van der Waals surface area contributed by atoms with Crippen molar-refractivity contribution in [2.75, 3.05) is 0 Å². The van der Waals surface area contributed by atoms with Gasteiger partial charge in [-0.25, -0.2) is 0 Å². The van der Waals surface area contributed by atoms with Crippen molar-refractivity contribution in [3.05, 3.63) is 100 Å². The highest BCUT2D eigenvalue weighted by Crippen LogP contribution is 2.35. The quantitative estimate of drug-likeness (QED) is 0.263. The minimum Gasteiger partial charge on any atom is -0.0672 e. The molecule has 0 nitrogen and oxygen atoms in total. The van der Waals surface area contributed by atoms with Crippen LogP contribution in [0.25, 0.3) is 0 Å². The first kappa shape index (κ1) is 26.0. The summed E-state index contributed by atoms with van der Waals surface area (Å²) in [5, 5.41) is 1.43. The van der Waals surface area contributed by atoms with Crippen molar-refractivity contribution in [2.45, 2.75) is 78.6 Å². The molecule has 1 heteroatoms. The summed E-state index contributed by atoms with van der Waals surface area (Å²) < 4.78 is 0. The smallest absolute Gasteiger partial charge is 0.0324 e. The first-order valence-electron chi connectivity index (χ1n) is 12.2. The monoisotopic (exact) mass is 466 g/mol. The van der Waals surface area contributed by atoms with Crippen molar-refractivity contribution in [1.82, 2.24) is 0 Å². The maximum atomic E-state index is 3.40. The summed E-state index contributed by atoms with van der Waals surface area (Å²) >= 11 is 0. The van der Waals surface area contributed by atoms with E-state index >= 15 is 0 Å². The van der Waals surface area contributed by atoms with Crippen molar-refractivity contribution >= 4 is 19.3 Å². The molecule has 0 aromatic heterocycles. The Morgan fingerprint density at radius 1 is 0.618 bits per heavy atom. The molecule has 0 N–H and O–H groups in total. The summed E-state index contributed by atoms with van der Waals surface area (Å²) in [6, 6.07) is 23.6. The van der Waals surface area contributed by atoms with Gasteiger partial charge < -0.3 is 0 Å². The van der Waals surface area contributed by atoms with Gasteiger partial charge in [-0.1, -0.05) is 131 Å². The predicted octanol–water partition coefficient (Wildman–Crippen LogP) is 8.40. The fourth-order valence-corrected chi connectivity index (χ4v) is 5.44. The molecule has 0 radical (unpaired) electrons. The molecule has 0 aliphatic carbocycles. The molecule has 0 amide bonds. The van der Waals surface area contributed by atoms with Gasteiger partial charge in [0.05, 0.1) is 0 Å². The van der Waals surface area contributed by atoms with Gasteiger partial charge in [-0.15, -0.1) is 0 Å². The molecule has 176 valence electrons. The third-order valence-corrected chi connectivity index (χ3v) is 7.15. The zero-order valence-electron chi connectivity index (χ0n) is 22.4. The Bertz CT molecular complexity index is 1190. The Labute approximate surface area is 209 Å². The average Bonchev–Trinajstić information content (AvgIpc) is 2.75. The van der Waals surface area contributed by atoms with Crippen molar-refractivity contribution in [3.8, 4) is 11.8 Å². The average molecular weight is 467 g/mol. The number of hydrogen-bond donors (Lipinski definition) is 0. The second-order valence-corrected chi connectivity index (χ2v) is 13.1. The summed E-state index contributed by atoms with van der Waals surface area (Å²) in [4.78, 5) is 0. The normalized spacial score (nSPS) is 12.5. The fourth-order valence-electron chi connectivity index (χ4n) is 3.87. The van der Waals surface area contributed by atoms with E-state index in [0.29, 0.717) is 0 Å². The number of rotatable bonds is 2. The van der Waals surface area contributed by atoms with Crippen LogP contribution >= 0.6 is 8.20 Å². The molecule has 3 aromatic carbocycles. The lowest BCUT2D eigenvalue weighted by Gasteiger charge is -2.32. The van der Waals surface area contributed by atoms with E-state index in [9.17, 15) is 0 Å². The molecule has 0 bridgehead atoms. The molecule has 3 aromatic rings. The highest BCUT2D eigenvalue weighted by molar-refractivity contribution is 7.48. The molecule has 0 aliphatic rings. The second kappa shape index (κ2) is 9.94. The van der Waals surface area contributed by atoms with Gasteiger partial charge >= 0.3 is 0 Å². The molecule has 0 atom stereocenters. The molecule has 0 saturated carbocycles. The Hall–Kier alpha value is -2.61. The van der Waals surface area contributed by atoms with Gasteiger partial charge in [0.25, 0.3) is 0 Å². The van der Waals surface area contributed by atoms with Crippen LogP contribution < -0.4 is 5.30 Å². The summed E-state index contributed by atoms with van der Waals surface area (Å²) in [6.07, 6.45) is 0. The summed E-state index contributed by atoms with van der Waals surface area (Å²) in [6.45, 7) is 20.9. The first-order chi connectivity index (χ1) is 15.8. The van der Waals surface area contributed by atoms with Crippen LogP contribution in [0.1, 0.15) is 95.7 Å². The van der Waals surface area contributed by atoms with Crippen molar-refractivity contribution in [2.24, 2.45) is 0 Å². The largest absolute Gasteiger partial charge is 0.0672 e. The Balaban J connectivity index is 2.17. The molecule has 34 heavy (non-hydrogen) atoms. The van der Waals surface area contributed by atoms with Gasteiger partial charge in [0, 0.05) is 16.4 Å². The maximum Gasteiger partial charge on any atom is 0.0324 e. The Kier molecular flexibility index (Phi) is 7.60. The van der Waals surface area contributed by atoms with Crippen LogP contribution in [0.4, 0.5) is 0 Å². The van der Waals surface area contributed by atoms with Crippen molar-refractivity contribution < 1.29 is 0 Å². The van der Waals surface area contributed by atoms with E-state index < -0.39 is 0 Å². The van der Waals surface area contributed by atoms with E-state index in [1.54, 1.807) is 0 Å². The highest BCUT2D eigenvalue weighted by Gasteiger charge is 2.28. The molecular formula is C33H39P. The van der Waals surface area contributed by atoms with Gasteiger partial charge in [-0.2, -0.15) is 0 Å². The van der Waals surface area contributed by atoms with Crippen LogP contribution in [-0.2, 0) is 16.2 Å². The van der Waals surface area contributed by atoms with E-state index in [0.717, 1.165) is 11.1 Å². The molecular weight excluding hydrogens is 427 g/mol. The molecule has 0 saturated heterocycles. The van der Waals surface area contributed by atoms with Gasteiger partial charge in [-0.05, 0) is 62.5 Å². The second-order valence-electron chi connectivity index (χ2n) is 12.1. The van der Waals surface area contributed by atoms with Crippen LogP contribution in [0, 0.1) is 11.8 Å². The maximum absolute atomic E-state index is 3.40. The SMILES string of the molecule is CC(C)(C)c1cc(C(C)(C)C)c(P=Cc2ccccc2C#Cc2ccccc2)c(C(C)(C)C)c1. The highest BCUT2D eigenvalue weighted by atomic mass is 31.1.